The summed E-state index contributed by atoms with van der Waals surface area (Å²) in [7, 11) is -1.76. The molecule has 0 bridgehead atoms. The van der Waals surface area contributed by atoms with Gasteiger partial charge in [0.05, 0.1) is 29.1 Å². The van der Waals surface area contributed by atoms with Crippen LogP contribution in [0.2, 0.25) is 0 Å². The highest BCUT2D eigenvalue weighted by molar-refractivity contribution is 7.90. The Bertz CT molecular complexity index is 1250. The lowest BCUT2D eigenvalue weighted by molar-refractivity contribution is 0.297. The molecule has 7 nitrogen and oxygen atoms in total. The molecule has 156 valence electrons. The van der Waals surface area contributed by atoms with Crippen molar-refractivity contribution < 1.29 is 17.9 Å². The second-order valence-corrected chi connectivity index (χ2v) is 9.43. The van der Waals surface area contributed by atoms with Gasteiger partial charge in [0, 0.05) is 43.5 Å². The zero-order valence-corrected chi connectivity index (χ0v) is 17.6. The third-order valence-electron chi connectivity index (χ3n) is 5.56. The maximum absolute atomic E-state index is 13.6. The predicted octanol–water partition coefficient (Wildman–Crippen LogP) is 3.15. The molecule has 4 heterocycles. The fraction of sp³-hybridized carbons (Fsp3) is 0.318. The summed E-state index contributed by atoms with van der Waals surface area (Å²) in [6.07, 6.45) is 7.17. The SMILES string of the molecule is CN1CC=C(c2cn(S(=O)(=O)c3ccc4c(c3)OCCCO4)c3cccnc23)CC1. The van der Waals surface area contributed by atoms with Gasteiger partial charge in [0.25, 0.3) is 10.0 Å². The van der Waals surface area contributed by atoms with E-state index in [0.717, 1.165) is 37.1 Å². The highest BCUT2D eigenvalue weighted by Gasteiger charge is 2.25. The number of likely N-dealkylation sites (N-methyl/N-ethyl adjacent to an activating group) is 1. The first-order chi connectivity index (χ1) is 14.5. The molecule has 0 saturated carbocycles. The largest absolute Gasteiger partial charge is 0.490 e. The van der Waals surface area contributed by atoms with Crippen LogP contribution in [-0.2, 0) is 10.0 Å². The van der Waals surface area contributed by atoms with Crippen LogP contribution in [0, 0.1) is 0 Å². The predicted molar refractivity (Wildman–Crippen MR) is 114 cm³/mol. The summed E-state index contributed by atoms with van der Waals surface area (Å²) in [6, 6.07) is 8.33. The standard InChI is InChI=1S/C22H23N3O4S/c1-24-10-7-16(8-11-24)18-15-25(19-4-2-9-23-22(18)19)30(26,27)17-5-6-20-21(14-17)29-13-3-12-28-20/h2,4-7,9,14-15H,3,8,10-13H2,1H3. The summed E-state index contributed by atoms with van der Waals surface area (Å²) in [5, 5.41) is 0. The molecule has 5 rings (SSSR count). The molecule has 0 spiro atoms. The van der Waals surface area contributed by atoms with Gasteiger partial charge in [-0.25, -0.2) is 12.4 Å². The molecule has 8 heteroatoms. The average Bonchev–Trinajstić information content (AvgIpc) is 2.99. The summed E-state index contributed by atoms with van der Waals surface area (Å²) < 4.78 is 39.8. The molecule has 3 aromatic rings. The van der Waals surface area contributed by atoms with Crippen molar-refractivity contribution >= 4 is 26.6 Å². The summed E-state index contributed by atoms with van der Waals surface area (Å²) in [5.41, 5.74) is 3.27. The summed E-state index contributed by atoms with van der Waals surface area (Å²) in [6.45, 7) is 2.82. The van der Waals surface area contributed by atoms with E-state index in [1.54, 1.807) is 42.7 Å². The van der Waals surface area contributed by atoms with Gasteiger partial charge in [-0.2, -0.15) is 0 Å². The molecular formula is C22H23N3O4S. The van der Waals surface area contributed by atoms with Crippen molar-refractivity contribution in [2.45, 2.75) is 17.7 Å². The molecule has 2 aromatic heterocycles. The van der Waals surface area contributed by atoms with E-state index in [2.05, 4.69) is 23.0 Å². The molecule has 0 N–H and O–H groups in total. The Kier molecular flexibility index (Phi) is 4.75. The molecule has 0 unspecified atom stereocenters. The van der Waals surface area contributed by atoms with Gasteiger partial charge >= 0.3 is 0 Å². The maximum atomic E-state index is 13.6. The molecule has 1 aromatic carbocycles. The third kappa shape index (κ3) is 3.26. The molecule has 0 aliphatic carbocycles. The van der Waals surface area contributed by atoms with Crippen LogP contribution >= 0.6 is 0 Å². The number of hydrogen-bond donors (Lipinski definition) is 0. The van der Waals surface area contributed by atoms with Gasteiger partial charge in [0.2, 0.25) is 0 Å². The van der Waals surface area contributed by atoms with E-state index in [1.165, 1.54) is 3.97 Å². The monoisotopic (exact) mass is 425 g/mol. The van der Waals surface area contributed by atoms with Gasteiger partial charge in [-0.1, -0.05) is 6.08 Å². The van der Waals surface area contributed by atoms with Gasteiger partial charge < -0.3 is 14.4 Å². The van der Waals surface area contributed by atoms with Crippen molar-refractivity contribution in [1.29, 1.82) is 0 Å². The maximum Gasteiger partial charge on any atom is 0.268 e. The summed E-state index contributed by atoms with van der Waals surface area (Å²) in [4.78, 5) is 6.89. The quantitative estimate of drug-likeness (QED) is 0.642. The first kappa shape index (κ1) is 19.1. The number of rotatable bonds is 3. The first-order valence-electron chi connectivity index (χ1n) is 10.0. The van der Waals surface area contributed by atoms with Gasteiger partial charge in [0.15, 0.2) is 11.5 Å². The Morgan fingerprint density at radius 2 is 1.93 bits per heavy atom. The van der Waals surface area contributed by atoms with Crippen molar-refractivity contribution in [3.63, 3.8) is 0 Å². The van der Waals surface area contributed by atoms with E-state index in [9.17, 15) is 8.42 Å². The molecule has 2 aliphatic rings. The first-order valence-corrected chi connectivity index (χ1v) is 11.5. The lowest BCUT2D eigenvalue weighted by Gasteiger charge is -2.21. The highest BCUT2D eigenvalue weighted by atomic mass is 32.2. The van der Waals surface area contributed by atoms with Gasteiger partial charge in [0.1, 0.15) is 0 Å². The zero-order chi connectivity index (χ0) is 20.7. The lowest BCUT2D eigenvalue weighted by atomic mass is 10.0. The van der Waals surface area contributed by atoms with Gasteiger partial charge in [-0.05, 0) is 43.3 Å². The molecule has 0 amide bonds. The minimum absolute atomic E-state index is 0.163. The van der Waals surface area contributed by atoms with Crippen molar-refractivity contribution in [2.24, 2.45) is 0 Å². The second-order valence-electron chi connectivity index (χ2n) is 7.62. The van der Waals surface area contributed by atoms with Crippen LogP contribution < -0.4 is 9.47 Å². The Morgan fingerprint density at radius 1 is 1.10 bits per heavy atom. The fourth-order valence-electron chi connectivity index (χ4n) is 3.90. The van der Waals surface area contributed by atoms with Crippen LogP contribution in [-0.4, -0.2) is 55.6 Å². The van der Waals surface area contributed by atoms with E-state index >= 15 is 0 Å². The number of fused-ring (bicyclic) bond motifs is 2. The summed E-state index contributed by atoms with van der Waals surface area (Å²) >= 11 is 0. The number of nitrogens with zero attached hydrogens (tertiary/aromatic N) is 3. The van der Waals surface area contributed by atoms with Gasteiger partial charge in [-0.3, -0.25) is 4.98 Å². The molecule has 30 heavy (non-hydrogen) atoms. The second kappa shape index (κ2) is 7.45. The van der Waals surface area contributed by atoms with Crippen LogP contribution in [0.4, 0.5) is 0 Å². The molecule has 0 atom stereocenters. The van der Waals surface area contributed by atoms with Crippen molar-refractivity contribution in [2.75, 3.05) is 33.4 Å². The molecule has 0 saturated heterocycles. The minimum Gasteiger partial charge on any atom is -0.490 e. The topological polar surface area (TPSA) is 73.7 Å². The number of pyridine rings is 1. The lowest BCUT2D eigenvalue weighted by Crippen LogP contribution is -2.23. The van der Waals surface area contributed by atoms with Crippen LogP contribution in [0.5, 0.6) is 11.5 Å². The van der Waals surface area contributed by atoms with Gasteiger partial charge in [-0.15, -0.1) is 0 Å². The van der Waals surface area contributed by atoms with Crippen LogP contribution in [0.1, 0.15) is 18.4 Å². The number of aromatic nitrogens is 2. The minimum atomic E-state index is -3.84. The normalized spacial score (nSPS) is 17.6. The smallest absolute Gasteiger partial charge is 0.268 e. The molecule has 0 fully saturated rings. The fourth-order valence-corrected chi connectivity index (χ4v) is 5.27. The third-order valence-corrected chi connectivity index (χ3v) is 7.23. The highest BCUT2D eigenvalue weighted by Crippen LogP contribution is 2.35. The molecule has 0 radical (unpaired) electrons. The Labute approximate surface area is 175 Å². The van der Waals surface area contributed by atoms with E-state index in [1.807, 2.05) is 0 Å². The zero-order valence-electron chi connectivity index (χ0n) is 16.7. The van der Waals surface area contributed by atoms with Crippen LogP contribution in [0.15, 0.2) is 53.7 Å². The molecular weight excluding hydrogens is 402 g/mol. The van der Waals surface area contributed by atoms with Crippen molar-refractivity contribution in [3.05, 3.63) is 54.4 Å². The van der Waals surface area contributed by atoms with E-state index in [-0.39, 0.29) is 4.90 Å². The number of benzene rings is 1. The van der Waals surface area contributed by atoms with E-state index < -0.39 is 10.0 Å². The van der Waals surface area contributed by atoms with E-state index in [4.69, 9.17) is 9.47 Å². The Morgan fingerprint density at radius 3 is 2.73 bits per heavy atom. The summed E-state index contributed by atoms with van der Waals surface area (Å²) in [5.74, 6) is 1.03. The Hall–Kier alpha value is -2.84. The van der Waals surface area contributed by atoms with Crippen molar-refractivity contribution in [1.82, 2.24) is 13.9 Å². The number of ether oxygens (including phenoxy) is 2. The van der Waals surface area contributed by atoms with Crippen LogP contribution in [0.3, 0.4) is 0 Å². The van der Waals surface area contributed by atoms with Crippen LogP contribution in [0.25, 0.3) is 16.6 Å². The number of hydrogen-bond acceptors (Lipinski definition) is 6. The molecule has 2 aliphatic heterocycles. The van der Waals surface area contributed by atoms with E-state index in [0.29, 0.717) is 35.7 Å². The average molecular weight is 426 g/mol. The Balaban J connectivity index is 1.63. The van der Waals surface area contributed by atoms with Crippen molar-refractivity contribution in [3.8, 4) is 11.5 Å².